The van der Waals surface area contributed by atoms with Gasteiger partial charge in [0.2, 0.25) is 5.91 Å². The molecule has 1 aliphatic rings. The van der Waals surface area contributed by atoms with Crippen LogP contribution in [0.2, 0.25) is 0 Å². The van der Waals surface area contributed by atoms with Gasteiger partial charge < -0.3 is 9.64 Å². The van der Waals surface area contributed by atoms with E-state index < -0.39 is 0 Å². The lowest BCUT2D eigenvalue weighted by Crippen LogP contribution is -2.27. The van der Waals surface area contributed by atoms with Crippen molar-refractivity contribution in [2.24, 2.45) is 5.92 Å². The normalized spacial score (nSPS) is 18.9. The summed E-state index contributed by atoms with van der Waals surface area (Å²) in [5.41, 5.74) is 0. The molecular weight excluding hydrogens is 242 g/mol. The molecule has 1 fully saturated rings. The zero-order valence-corrected chi connectivity index (χ0v) is 12.3. The molecule has 19 heavy (non-hydrogen) atoms. The molecular formula is C15H27NO3. The van der Waals surface area contributed by atoms with Crippen molar-refractivity contribution in [3.8, 4) is 0 Å². The summed E-state index contributed by atoms with van der Waals surface area (Å²) in [6.45, 7) is 6.07. The van der Waals surface area contributed by atoms with E-state index in [1.165, 1.54) is 12.8 Å². The van der Waals surface area contributed by atoms with Crippen LogP contribution in [0.1, 0.15) is 58.8 Å². The second-order valence-electron chi connectivity index (χ2n) is 5.32. The Morgan fingerprint density at radius 2 is 1.95 bits per heavy atom. The molecule has 1 unspecified atom stereocenters. The summed E-state index contributed by atoms with van der Waals surface area (Å²) in [5.74, 6) is -0.333. The third-order valence-electron chi connectivity index (χ3n) is 3.57. The monoisotopic (exact) mass is 269 g/mol. The highest BCUT2D eigenvalue weighted by atomic mass is 16.5. The standard InChI is InChI=1S/C15H27NO3/c1-3-5-7-8-10-19-15(18)13-11-14(17)16(12-13)9-6-4-2/h13H,3-12H2,1-2H3. The highest BCUT2D eigenvalue weighted by molar-refractivity contribution is 5.86. The Hall–Kier alpha value is -1.06. The molecule has 0 aromatic heterocycles. The van der Waals surface area contributed by atoms with E-state index in [1.807, 2.05) is 0 Å². The molecule has 1 atom stereocenters. The molecule has 0 aromatic carbocycles. The van der Waals surface area contributed by atoms with Crippen LogP contribution in [0.25, 0.3) is 0 Å². The molecule has 1 aliphatic heterocycles. The van der Waals surface area contributed by atoms with Crippen LogP contribution in [0.4, 0.5) is 0 Å². The van der Waals surface area contributed by atoms with Crippen LogP contribution in [-0.2, 0) is 14.3 Å². The van der Waals surface area contributed by atoms with E-state index >= 15 is 0 Å². The van der Waals surface area contributed by atoms with Crippen LogP contribution in [-0.4, -0.2) is 36.5 Å². The third kappa shape index (κ3) is 5.62. The van der Waals surface area contributed by atoms with E-state index in [1.54, 1.807) is 4.90 Å². The predicted molar refractivity (Wildman–Crippen MR) is 74.7 cm³/mol. The number of carbonyl (C=O) groups is 2. The third-order valence-corrected chi connectivity index (χ3v) is 3.57. The molecule has 0 bridgehead atoms. The van der Waals surface area contributed by atoms with Crippen molar-refractivity contribution in [2.45, 2.75) is 58.8 Å². The van der Waals surface area contributed by atoms with Crippen molar-refractivity contribution in [1.82, 2.24) is 4.90 Å². The fourth-order valence-corrected chi connectivity index (χ4v) is 2.31. The maximum absolute atomic E-state index is 11.8. The van der Waals surface area contributed by atoms with Gasteiger partial charge in [-0.15, -0.1) is 0 Å². The van der Waals surface area contributed by atoms with E-state index in [4.69, 9.17) is 4.74 Å². The summed E-state index contributed by atoms with van der Waals surface area (Å²) < 4.78 is 5.26. The molecule has 110 valence electrons. The van der Waals surface area contributed by atoms with Crippen molar-refractivity contribution in [3.63, 3.8) is 0 Å². The van der Waals surface area contributed by atoms with Gasteiger partial charge in [0.25, 0.3) is 0 Å². The van der Waals surface area contributed by atoms with E-state index in [9.17, 15) is 9.59 Å². The second kappa shape index (κ2) is 8.94. The van der Waals surface area contributed by atoms with Crippen LogP contribution in [0.3, 0.4) is 0 Å². The number of ether oxygens (including phenoxy) is 1. The SMILES string of the molecule is CCCCCCOC(=O)C1CC(=O)N(CCCC)C1. The first-order valence-electron chi connectivity index (χ1n) is 7.63. The number of nitrogens with zero attached hydrogens (tertiary/aromatic N) is 1. The Balaban J connectivity index is 2.21. The molecule has 0 radical (unpaired) electrons. The molecule has 1 saturated heterocycles. The van der Waals surface area contributed by atoms with Crippen molar-refractivity contribution in [3.05, 3.63) is 0 Å². The van der Waals surface area contributed by atoms with E-state index in [0.29, 0.717) is 19.6 Å². The van der Waals surface area contributed by atoms with Gasteiger partial charge in [-0.2, -0.15) is 0 Å². The van der Waals surface area contributed by atoms with Gasteiger partial charge in [-0.1, -0.05) is 39.5 Å². The molecule has 0 spiro atoms. The molecule has 0 aromatic rings. The minimum Gasteiger partial charge on any atom is -0.465 e. The number of carbonyl (C=O) groups excluding carboxylic acids is 2. The first kappa shape index (κ1) is 16.0. The van der Waals surface area contributed by atoms with Gasteiger partial charge in [0.05, 0.1) is 12.5 Å². The zero-order chi connectivity index (χ0) is 14.1. The van der Waals surface area contributed by atoms with E-state index in [2.05, 4.69) is 13.8 Å². The van der Waals surface area contributed by atoms with Crippen molar-refractivity contribution in [2.75, 3.05) is 19.7 Å². The molecule has 0 N–H and O–H groups in total. The fraction of sp³-hybridized carbons (Fsp3) is 0.867. The van der Waals surface area contributed by atoms with Crippen LogP contribution in [0.15, 0.2) is 0 Å². The number of amides is 1. The van der Waals surface area contributed by atoms with Gasteiger partial charge in [-0.3, -0.25) is 9.59 Å². The summed E-state index contributed by atoms with van der Waals surface area (Å²) in [6.07, 6.45) is 6.80. The summed E-state index contributed by atoms with van der Waals surface area (Å²) in [4.78, 5) is 25.4. The summed E-state index contributed by atoms with van der Waals surface area (Å²) in [7, 11) is 0. The molecule has 1 rings (SSSR count). The molecule has 0 saturated carbocycles. The molecule has 1 amide bonds. The largest absolute Gasteiger partial charge is 0.465 e. The second-order valence-corrected chi connectivity index (χ2v) is 5.32. The Kier molecular flexibility index (Phi) is 7.53. The molecule has 0 aliphatic carbocycles. The van der Waals surface area contributed by atoms with Gasteiger partial charge in [-0.05, 0) is 12.8 Å². The summed E-state index contributed by atoms with van der Waals surface area (Å²) in [5, 5.41) is 0. The van der Waals surface area contributed by atoms with Crippen LogP contribution in [0, 0.1) is 5.92 Å². The number of hydrogen-bond acceptors (Lipinski definition) is 3. The quantitative estimate of drug-likeness (QED) is 0.477. The fourth-order valence-electron chi connectivity index (χ4n) is 2.31. The van der Waals surface area contributed by atoms with Crippen LogP contribution < -0.4 is 0 Å². The van der Waals surface area contributed by atoms with Gasteiger partial charge in [0.15, 0.2) is 0 Å². The molecule has 1 heterocycles. The summed E-state index contributed by atoms with van der Waals surface area (Å²) in [6, 6.07) is 0. The van der Waals surface area contributed by atoms with E-state index in [0.717, 1.165) is 32.2 Å². The lowest BCUT2D eigenvalue weighted by molar-refractivity contribution is -0.148. The predicted octanol–water partition coefficient (Wildman–Crippen LogP) is 2.76. The van der Waals surface area contributed by atoms with Crippen LogP contribution >= 0.6 is 0 Å². The zero-order valence-electron chi connectivity index (χ0n) is 12.3. The molecule has 4 nitrogen and oxygen atoms in total. The summed E-state index contributed by atoms with van der Waals surface area (Å²) >= 11 is 0. The van der Waals surface area contributed by atoms with Crippen LogP contribution in [0.5, 0.6) is 0 Å². The average molecular weight is 269 g/mol. The first-order chi connectivity index (χ1) is 9.19. The van der Waals surface area contributed by atoms with Crippen molar-refractivity contribution < 1.29 is 14.3 Å². The minimum atomic E-state index is -0.240. The maximum atomic E-state index is 11.8. The number of esters is 1. The van der Waals surface area contributed by atoms with Gasteiger partial charge in [0, 0.05) is 19.5 Å². The first-order valence-corrected chi connectivity index (χ1v) is 7.63. The molecule has 4 heteroatoms. The van der Waals surface area contributed by atoms with E-state index in [-0.39, 0.29) is 17.8 Å². The minimum absolute atomic E-state index is 0.0985. The lowest BCUT2D eigenvalue weighted by atomic mass is 10.1. The van der Waals surface area contributed by atoms with Crippen molar-refractivity contribution >= 4 is 11.9 Å². The average Bonchev–Trinajstić information content (AvgIpc) is 2.77. The van der Waals surface area contributed by atoms with Gasteiger partial charge in [-0.25, -0.2) is 0 Å². The Bertz CT molecular complexity index is 291. The highest BCUT2D eigenvalue weighted by Crippen LogP contribution is 2.19. The lowest BCUT2D eigenvalue weighted by Gasteiger charge is -2.15. The topological polar surface area (TPSA) is 46.6 Å². The Labute approximate surface area is 116 Å². The maximum Gasteiger partial charge on any atom is 0.311 e. The van der Waals surface area contributed by atoms with Gasteiger partial charge in [0.1, 0.15) is 0 Å². The number of likely N-dealkylation sites (tertiary alicyclic amines) is 1. The number of hydrogen-bond donors (Lipinski definition) is 0. The smallest absolute Gasteiger partial charge is 0.311 e. The Morgan fingerprint density at radius 3 is 2.63 bits per heavy atom. The highest BCUT2D eigenvalue weighted by Gasteiger charge is 2.34. The Morgan fingerprint density at radius 1 is 1.21 bits per heavy atom. The van der Waals surface area contributed by atoms with Crippen molar-refractivity contribution in [1.29, 1.82) is 0 Å². The number of unbranched alkanes of at least 4 members (excludes halogenated alkanes) is 4. The number of rotatable bonds is 9. The van der Waals surface area contributed by atoms with Gasteiger partial charge >= 0.3 is 5.97 Å².